The number of nitrogens with zero attached hydrogens (tertiary/aromatic N) is 2. The van der Waals surface area contributed by atoms with Gasteiger partial charge in [0.2, 0.25) is 0 Å². The van der Waals surface area contributed by atoms with Gasteiger partial charge >= 0.3 is 5.97 Å². The van der Waals surface area contributed by atoms with Crippen LogP contribution in [0, 0.1) is 23.2 Å². The number of pyridine rings is 1. The Morgan fingerprint density at radius 1 is 1.16 bits per heavy atom. The molecule has 2 bridgehead atoms. The van der Waals surface area contributed by atoms with Crippen molar-refractivity contribution in [3.05, 3.63) is 57.5 Å². The van der Waals surface area contributed by atoms with E-state index in [9.17, 15) is 14.4 Å². The van der Waals surface area contributed by atoms with Gasteiger partial charge in [0.15, 0.2) is 5.78 Å². The van der Waals surface area contributed by atoms with E-state index in [-0.39, 0.29) is 40.7 Å². The SMILES string of the molecule is CC1=C2[C@H]3OC(=O)C(CN4C[C@H]5C[C@@H](C4)c4cccc(=O)n4C5)[C@@H]3CC[C@@]2(C)C=CC1=O. The molecule has 4 heterocycles. The molecule has 0 radical (unpaired) electrons. The Morgan fingerprint density at radius 3 is 2.84 bits per heavy atom. The van der Waals surface area contributed by atoms with Gasteiger partial charge in [-0.05, 0) is 49.8 Å². The third-order valence-corrected chi connectivity index (χ3v) is 8.73. The minimum Gasteiger partial charge on any atom is -0.457 e. The molecule has 2 aliphatic carbocycles. The molecule has 3 fully saturated rings. The second kappa shape index (κ2) is 7.01. The summed E-state index contributed by atoms with van der Waals surface area (Å²) in [6.07, 6.45) is 6.41. The number of rotatable bonds is 2. The topological polar surface area (TPSA) is 68.6 Å². The predicted octanol–water partition coefficient (Wildman–Crippen LogP) is 2.68. The van der Waals surface area contributed by atoms with Crippen molar-refractivity contribution >= 4 is 11.8 Å². The first-order valence-corrected chi connectivity index (χ1v) is 11.9. The Morgan fingerprint density at radius 2 is 2.00 bits per heavy atom. The van der Waals surface area contributed by atoms with Crippen molar-refractivity contribution in [1.29, 1.82) is 0 Å². The smallest absolute Gasteiger partial charge is 0.311 e. The average Bonchev–Trinajstić information content (AvgIpc) is 3.06. The highest BCUT2D eigenvalue weighted by Crippen LogP contribution is 2.53. The summed E-state index contributed by atoms with van der Waals surface area (Å²) in [5, 5.41) is 0. The number of hydrogen-bond donors (Lipinski definition) is 0. The van der Waals surface area contributed by atoms with Gasteiger partial charge in [-0.3, -0.25) is 14.4 Å². The van der Waals surface area contributed by atoms with E-state index in [2.05, 4.69) is 17.9 Å². The van der Waals surface area contributed by atoms with Gasteiger partial charge in [0.1, 0.15) is 6.10 Å². The monoisotopic (exact) mass is 434 g/mol. The molecule has 3 aliphatic heterocycles. The number of carbonyl (C=O) groups is 2. The molecule has 0 N–H and O–H groups in total. The van der Waals surface area contributed by atoms with E-state index < -0.39 is 0 Å². The summed E-state index contributed by atoms with van der Waals surface area (Å²) >= 11 is 0. The Balaban J connectivity index is 1.24. The number of likely N-dealkylation sites (tertiary alicyclic amines) is 1. The molecule has 32 heavy (non-hydrogen) atoms. The van der Waals surface area contributed by atoms with Crippen LogP contribution < -0.4 is 5.56 Å². The lowest BCUT2D eigenvalue weighted by Crippen LogP contribution is -2.49. The van der Waals surface area contributed by atoms with Gasteiger partial charge in [-0.25, -0.2) is 0 Å². The van der Waals surface area contributed by atoms with Gasteiger partial charge in [-0.1, -0.05) is 19.1 Å². The second-order valence-electron chi connectivity index (χ2n) is 10.7. The van der Waals surface area contributed by atoms with Gasteiger partial charge < -0.3 is 14.2 Å². The number of fused-ring (bicyclic) bond motifs is 7. The number of esters is 1. The minimum absolute atomic E-state index is 0.0374. The van der Waals surface area contributed by atoms with E-state index in [4.69, 9.17) is 4.74 Å². The van der Waals surface area contributed by atoms with Gasteiger partial charge in [0, 0.05) is 60.8 Å². The first kappa shape index (κ1) is 20.2. The molecule has 0 amide bonds. The van der Waals surface area contributed by atoms with Crippen LogP contribution in [0.1, 0.15) is 44.7 Å². The Bertz CT molecular complexity index is 1130. The highest BCUT2D eigenvalue weighted by atomic mass is 16.6. The molecule has 6 nitrogen and oxygen atoms in total. The number of aromatic nitrogens is 1. The van der Waals surface area contributed by atoms with Gasteiger partial charge in [-0.2, -0.15) is 0 Å². The number of ether oxygens (including phenoxy) is 1. The molecule has 168 valence electrons. The highest BCUT2D eigenvalue weighted by molar-refractivity contribution is 6.05. The summed E-state index contributed by atoms with van der Waals surface area (Å²) in [7, 11) is 0. The van der Waals surface area contributed by atoms with E-state index in [1.807, 2.05) is 23.6 Å². The first-order valence-electron chi connectivity index (χ1n) is 11.9. The maximum absolute atomic E-state index is 13.1. The molecule has 0 aromatic carbocycles. The van der Waals surface area contributed by atoms with Crippen molar-refractivity contribution in [3.8, 4) is 0 Å². The lowest BCUT2D eigenvalue weighted by atomic mass is 9.61. The number of piperidine rings is 1. The van der Waals surface area contributed by atoms with Crippen LogP contribution in [-0.2, 0) is 20.9 Å². The lowest BCUT2D eigenvalue weighted by molar-refractivity contribution is -0.144. The quantitative estimate of drug-likeness (QED) is 0.670. The Hall–Kier alpha value is -2.47. The number of ketones is 1. The van der Waals surface area contributed by atoms with Crippen LogP contribution in [0.25, 0.3) is 0 Å². The second-order valence-corrected chi connectivity index (χ2v) is 10.7. The van der Waals surface area contributed by atoms with Crippen LogP contribution in [0.3, 0.4) is 0 Å². The Labute approximate surface area is 187 Å². The molecule has 1 aromatic heterocycles. The molecule has 6 heteroatoms. The largest absolute Gasteiger partial charge is 0.457 e. The molecule has 0 spiro atoms. The van der Waals surface area contributed by atoms with Crippen LogP contribution in [0.5, 0.6) is 0 Å². The third kappa shape index (κ3) is 2.92. The van der Waals surface area contributed by atoms with E-state index in [0.717, 1.165) is 55.7 Å². The van der Waals surface area contributed by atoms with Crippen molar-refractivity contribution in [2.24, 2.45) is 23.2 Å². The predicted molar refractivity (Wildman–Crippen MR) is 119 cm³/mol. The summed E-state index contributed by atoms with van der Waals surface area (Å²) in [6, 6.07) is 5.59. The van der Waals surface area contributed by atoms with Crippen molar-refractivity contribution in [3.63, 3.8) is 0 Å². The Kier molecular flexibility index (Phi) is 4.42. The van der Waals surface area contributed by atoms with Gasteiger partial charge in [-0.15, -0.1) is 0 Å². The van der Waals surface area contributed by atoms with Crippen LogP contribution in [0.4, 0.5) is 0 Å². The molecule has 1 unspecified atom stereocenters. The van der Waals surface area contributed by atoms with Crippen LogP contribution >= 0.6 is 0 Å². The van der Waals surface area contributed by atoms with Crippen molar-refractivity contribution in [2.75, 3.05) is 19.6 Å². The van der Waals surface area contributed by atoms with E-state index in [0.29, 0.717) is 18.4 Å². The molecule has 6 atom stereocenters. The maximum Gasteiger partial charge on any atom is 0.311 e. The molecule has 1 saturated carbocycles. The standard InChI is InChI=1S/C26H30N2O4/c1-15-21(29)7-9-26(2)8-6-18-19(25(31)32-24(18)23(15)26)14-27-11-16-10-17(13-27)20-4-3-5-22(30)28(20)12-16/h3-5,7,9,16-19,24H,6,8,10-14H2,1-2H3/t16-,17+,18+,19?,24+,26+/m1/s1. The van der Waals surface area contributed by atoms with E-state index in [1.165, 1.54) is 0 Å². The third-order valence-electron chi connectivity index (χ3n) is 8.73. The fraction of sp³-hybridized carbons (Fsp3) is 0.577. The normalized spacial score (nSPS) is 38.2. The summed E-state index contributed by atoms with van der Waals surface area (Å²) in [6.45, 7) is 7.31. The molecular weight excluding hydrogens is 404 g/mol. The van der Waals surface area contributed by atoms with E-state index in [1.54, 1.807) is 12.1 Å². The summed E-state index contributed by atoms with van der Waals surface area (Å²) in [4.78, 5) is 40.2. The highest BCUT2D eigenvalue weighted by Gasteiger charge is 2.54. The zero-order valence-corrected chi connectivity index (χ0v) is 18.8. The molecule has 1 aromatic rings. The lowest BCUT2D eigenvalue weighted by Gasteiger charge is -2.45. The average molecular weight is 435 g/mol. The van der Waals surface area contributed by atoms with Crippen molar-refractivity contribution in [1.82, 2.24) is 9.47 Å². The molecule has 5 aliphatic rings. The minimum atomic E-state index is -0.274. The number of carbonyl (C=O) groups excluding carboxylic acids is 2. The number of hydrogen-bond acceptors (Lipinski definition) is 5. The summed E-state index contributed by atoms with van der Waals surface area (Å²) in [5.74, 6) is 0.689. The zero-order valence-electron chi connectivity index (χ0n) is 18.8. The molecule has 6 rings (SSSR count). The fourth-order valence-electron chi connectivity index (χ4n) is 7.20. The van der Waals surface area contributed by atoms with Crippen LogP contribution in [-0.4, -0.2) is 47.0 Å². The van der Waals surface area contributed by atoms with Gasteiger partial charge in [0.25, 0.3) is 5.56 Å². The van der Waals surface area contributed by atoms with Gasteiger partial charge in [0.05, 0.1) is 5.92 Å². The number of allylic oxidation sites excluding steroid dienone is 3. The fourth-order valence-corrected chi connectivity index (χ4v) is 7.20. The first-order chi connectivity index (χ1) is 15.3. The molecular formula is C26H30N2O4. The summed E-state index contributed by atoms with van der Waals surface area (Å²) in [5.41, 5.74) is 2.83. The van der Waals surface area contributed by atoms with Crippen LogP contribution in [0.15, 0.2) is 46.3 Å². The molecule has 2 saturated heterocycles. The van der Waals surface area contributed by atoms with Crippen LogP contribution in [0.2, 0.25) is 0 Å². The van der Waals surface area contributed by atoms with Crippen molar-refractivity contribution < 1.29 is 14.3 Å². The van der Waals surface area contributed by atoms with Crippen molar-refractivity contribution in [2.45, 2.75) is 51.7 Å². The zero-order chi connectivity index (χ0) is 22.2. The maximum atomic E-state index is 13.1. The van der Waals surface area contributed by atoms with E-state index >= 15 is 0 Å². The summed E-state index contributed by atoms with van der Waals surface area (Å²) < 4.78 is 7.93.